The first-order chi connectivity index (χ1) is 21.6. The predicted molar refractivity (Wildman–Crippen MR) is 173 cm³/mol. The first kappa shape index (κ1) is 28.9. The fourth-order valence-electron chi connectivity index (χ4n) is 6.88. The molecule has 0 radical (unpaired) electrons. The highest BCUT2D eigenvalue weighted by molar-refractivity contribution is 6.05. The maximum absolute atomic E-state index is 12.5. The van der Waals surface area contributed by atoms with Crippen LogP contribution in [-0.2, 0) is 4.74 Å². The lowest BCUT2D eigenvalue weighted by Crippen LogP contribution is -2.40. The third-order valence-corrected chi connectivity index (χ3v) is 9.00. The van der Waals surface area contributed by atoms with Crippen LogP contribution in [0.2, 0.25) is 0 Å². The van der Waals surface area contributed by atoms with E-state index >= 15 is 0 Å². The highest BCUT2D eigenvalue weighted by Gasteiger charge is 2.34. The second kappa shape index (κ2) is 11.3. The van der Waals surface area contributed by atoms with Gasteiger partial charge in [0.05, 0.1) is 29.0 Å². The number of ether oxygens (including phenoxy) is 1. The molecule has 10 heteroatoms. The van der Waals surface area contributed by atoms with Crippen molar-refractivity contribution in [2.24, 2.45) is 0 Å². The number of hydrogen-bond donors (Lipinski definition) is 4. The lowest BCUT2D eigenvalue weighted by molar-refractivity contribution is 0.0500. The molecule has 1 saturated carbocycles. The summed E-state index contributed by atoms with van der Waals surface area (Å²) in [4.78, 5) is 41.9. The Hall–Kier alpha value is -4.86. The molecule has 0 bridgehead atoms. The van der Waals surface area contributed by atoms with Gasteiger partial charge in [-0.3, -0.25) is 4.90 Å². The van der Waals surface area contributed by atoms with Gasteiger partial charge in [0.15, 0.2) is 0 Å². The maximum atomic E-state index is 12.5. The minimum absolute atomic E-state index is 0.0169. The zero-order chi connectivity index (χ0) is 31.3. The lowest BCUT2D eigenvalue weighted by atomic mass is 9.99. The highest BCUT2D eigenvalue weighted by atomic mass is 16.6. The number of fused-ring (bicyclic) bond motifs is 3. The van der Waals surface area contributed by atoms with E-state index < -0.39 is 11.7 Å². The molecule has 1 unspecified atom stereocenters. The second-order valence-corrected chi connectivity index (χ2v) is 13.2. The molecule has 1 aliphatic heterocycles. The van der Waals surface area contributed by atoms with Crippen molar-refractivity contribution in [3.05, 3.63) is 72.4 Å². The van der Waals surface area contributed by atoms with Crippen LogP contribution in [0.15, 0.2) is 60.8 Å². The number of nitrogens with one attached hydrogen (secondary N) is 3. The van der Waals surface area contributed by atoms with E-state index in [2.05, 4.69) is 74.9 Å². The number of H-pyrrole nitrogens is 2. The van der Waals surface area contributed by atoms with Crippen LogP contribution >= 0.6 is 0 Å². The number of aromatic nitrogens is 4. The minimum atomic E-state index is -0.904. The van der Waals surface area contributed by atoms with Crippen LogP contribution in [0.5, 0.6) is 0 Å². The lowest BCUT2D eigenvalue weighted by Gasteiger charge is -2.24. The van der Waals surface area contributed by atoms with Gasteiger partial charge in [-0.05, 0) is 80.7 Å². The number of nitrogens with zero attached hydrogens (tertiary/aromatic N) is 3. The largest absolute Gasteiger partial charge is 0.465 e. The van der Waals surface area contributed by atoms with Crippen LogP contribution in [0.1, 0.15) is 76.5 Å². The summed E-state index contributed by atoms with van der Waals surface area (Å²) in [5.74, 6) is 1.71. The molecule has 7 rings (SSSR count). The molecule has 1 aliphatic carbocycles. The molecule has 10 nitrogen and oxygen atoms in total. The summed E-state index contributed by atoms with van der Waals surface area (Å²) in [6.45, 7) is 6.15. The SMILES string of the molecule is CC(C)(C)OC(=O)N[C@H]1CCC[C@@H]1c1nc2ccc3cc(-c4ccc(-c5cnc(C6CCCN6C(=O)O)[nH]5)cc4)ccc3c2[nH]1. The van der Waals surface area contributed by atoms with Gasteiger partial charge in [-0.2, -0.15) is 0 Å². The monoisotopic (exact) mass is 606 g/mol. The fraction of sp³-hybridized carbons (Fsp3) is 0.371. The molecule has 1 saturated heterocycles. The number of hydrogen-bond acceptors (Lipinski definition) is 5. The Morgan fingerprint density at radius 3 is 2.49 bits per heavy atom. The topological polar surface area (TPSA) is 136 Å². The first-order valence-corrected chi connectivity index (χ1v) is 15.7. The van der Waals surface area contributed by atoms with Gasteiger partial charge >= 0.3 is 12.2 Å². The van der Waals surface area contributed by atoms with E-state index in [1.807, 2.05) is 20.8 Å². The van der Waals surface area contributed by atoms with Crippen molar-refractivity contribution in [1.82, 2.24) is 30.2 Å². The molecule has 3 aromatic carbocycles. The summed E-state index contributed by atoms with van der Waals surface area (Å²) in [7, 11) is 0. The molecule has 232 valence electrons. The molecule has 2 amide bonds. The molecular weight excluding hydrogens is 568 g/mol. The van der Waals surface area contributed by atoms with Crippen molar-refractivity contribution in [2.75, 3.05) is 6.54 Å². The third-order valence-electron chi connectivity index (χ3n) is 9.00. The summed E-state index contributed by atoms with van der Waals surface area (Å²) in [6, 6.07) is 18.7. The molecule has 2 fully saturated rings. The van der Waals surface area contributed by atoms with Crippen molar-refractivity contribution in [2.45, 2.75) is 76.5 Å². The predicted octanol–water partition coefficient (Wildman–Crippen LogP) is 7.75. The average Bonchev–Trinajstić information content (AvgIpc) is 3.81. The van der Waals surface area contributed by atoms with Gasteiger partial charge in [0, 0.05) is 23.9 Å². The average molecular weight is 607 g/mol. The Bertz CT molecular complexity index is 1890. The molecule has 5 aromatic rings. The van der Waals surface area contributed by atoms with Gasteiger partial charge in [-0.1, -0.05) is 48.9 Å². The summed E-state index contributed by atoms with van der Waals surface area (Å²) in [5.41, 5.74) is 5.46. The number of amides is 2. The van der Waals surface area contributed by atoms with E-state index in [1.165, 1.54) is 4.90 Å². The van der Waals surface area contributed by atoms with Crippen molar-refractivity contribution < 1.29 is 19.4 Å². The zero-order valence-corrected chi connectivity index (χ0v) is 25.8. The maximum Gasteiger partial charge on any atom is 0.407 e. The fourth-order valence-corrected chi connectivity index (χ4v) is 6.88. The van der Waals surface area contributed by atoms with Crippen molar-refractivity contribution >= 4 is 34.0 Å². The van der Waals surface area contributed by atoms with Crippen molar-refractivity contribution in [1.29, 1.82) is 0 Å². The number of carboxylic acid groups (broad SMARTS) is 1. The van der Waals surface area contributed by atoms with Crippen LogP contribution in [0, 0.1) is 0 Å². The van der Waals surface area contributed by atoms with Crippen LogP contribution in [0.4, 0.5) is 9.59 Å². The third kappa shape index (κ3) is 5.72. The van der Waals surface area contributed by atoms with Gasteiger partial charge in [-0.15, -0.1) is 0 Å². The van der Waals surface area contributed by atoms with E-state index in [1.54, 1.807) is 6.20 Å². The normalized spacial score (nSPS) is 20.2. The minimum Gasteiger partial charge on any atom is -0.465 e. The van der Waals surface area contributed by atoms with Gasteiger partial charge in [0.25, 0.3) is 0 Å². The smallest absolute Gasteiger partial charge is 0.407 e. The number of carbonyl (C=O) groups excluding carboxylic acids is 1. The number of alkyl carbamates (subject to hydrolysis) is 1. The quantitative estimate of drug-likeness (QED) is 0.161. The Labute approximate surface area is 261 Å². The molecule has 0 spiro atoms. The van der Waals surface area contributed by atoms with E-state index in [4.69, 9.17) is 9.72 Å². The molecule has 4 N–H and O–H groups in total. The number of benzene rings is 3. The first-order valence-electron chi connectivity index (χ1n) is 15.7. The molecular formula is C35H38N6O4. The molecule has 2 aromatic heterocycles. The van der Waals surface area contributed by atoms with Gasteiger partial charge < -0.3 is 25.1 Å². The summed E-state index contributed by atoms with van der Waals surface area (Å²) in [6.07, 6.45) is 4.99. The van der Waals surface area contributed by atoms with E-state index in [-0.39, 0.29) is 24.1 Å². The van der Waals surface area contributed by atoms with E-state index in [0.29, 0.717) is 12.4 Å². The van der Waals surface area contributed by atoms with E-state index in [0.717, 1.165) is 82.1 Å². The summed E-state index contributed by atoms with van der Waals surface area (Å²) < 4.78 is 5.50. The van der Waals surface area contributed by atoms with Gasteiger partial charge in [-0.25, -0.2) is 19.6 Å². The van der Waals surface area contributed by atoms with Gasteiger partial charge in [0.2, 0.25) is 0 Å². The molecule has 3 atom stereocenters. The Kier molecular flexibility index (Phi) is 7.22. The molecule has 45 heavy (non-hydrogen) atoms. The zero-order valence-electron chi connectivity index (χ0n) is 25.8. The Balaban J connectivity index is 1.10. The number of rotatable bonds is 5. The Morgan fingerprint density at radius 2 is 1.71 bits per heavy atom. The highest BCUT2D eigenvalue weighted by Crippen LogP contribution is 2.37. The number of imidazole rings is 2. The van der Waals surface area contributed by atoms with Crippen LogP contribution in [-0.4, -0.2) is 60.3 Å². The van der Waals surface area contributed by atoms with E-state index in [9.17, 15) is 14.7 Å². The number of likely N-dealkylation sites (tertiary alicyclic amines) is 1. The summed E-state index contributed by atoms with van der Waals surface area (Å²) >= 11 is 0. The molecule has 3 heterocycles. The van der Waals surface area contributed by atoms with Gasteiger partial charge in [0.1, 0.15) is 17.2 Å². The van der Waals surface area contributed by atoms with Crippen LogP contribution in [0.25, 0.3) is 44.2 Å². The Morgan fingerprint density at radius 1 is 0.933 bits per heavy atom. The second-order valence-electron chi connectivity index (χ2n) is 13.2. The van der Waals surface area contributed by atoms with Crippen LogP contribution < -0.4 is 5.32 Å². The van der Waals surface area contributed by atoms with Crippen molar-refractivity contribution in [3.63, 3.8) is 0 Å². The van der Waals surface area contributed by atoms with Crippen LogP contribution in [0.3, 0.4) is 0 Å². The summed E-state index contributed by atoms with van der Waals surface area (Å²) in [5, 5.41) is 14.8. The number of aromatic amines is 2. The number of carbonyl (C=O) groups is 2. The molecule has 2 aliphatic rings. The van der Waals surface area contributed by atoms with Crippen molar-refractivity contribution in [3.8, 4) is 22.4 Å². The standard InChI is InChI=1S/C35H38N6O4/c1-35(2,3)45-33(42)39-26-7-4-6-25(26)31-37-27-16-14-23-18-22(13-15-24(23)30(27)40-31)20-9-11-21(12-10-20)28-19-36-32(38-28)29-8-5-17-41(29)34(43)44/h9-16,18-19,25-26,29H,4-8,17H2,1-3H3,(H,36,38)(H,37,40)(H,39,42)(H,43,44)/t25-,26-,29?/m0/s1.